The van der Waals surface area contributed by atoms with Crippen LogP contribution in [-0.2, 0) is 26.6 Å². The number of primary sulfonamides is 1. The Kier molecular flexibility index (Phi) is 4.53. The average Bonchev–Trinajstić information content (AvgIpc) is 2.26. The topological polar surface area (TPSA) is 144 Å². The fourth-order valence-corrected chi connectivity index (χ4v) is 2.93. The number of aliphatic hydroxyl groups is 1. The highest BCUT2D eigenvalue weighted by Crippen LogP contribution is 2.31. The van der Waals surface area contributed by atoms with E-state index in [9.17, 15) is 16.8 Å². The van der Waals surface area contributed by atoms with Crippen molar-refractivity contribution < 1.29 is 31.2 Å². The molecule has 1 aromatic carbocycles. The largest absolute Gasteiger partial charge is 0.495 e. The Labute approximate surface area is 110 Å². The van der Waals surface area contributed by atoms with Crippen molar-refractivity contribution in [2.24, 2.45) is 5.14 Å². The smallest absolute Gasteiger partial charge is 0.294 e. The van der Waals surface area contributed by atoms with Crippen LogP contribution in [-0.4, -0.2) is 40.2 Å². The molecule has 1 aromatic rings. The molecule has 0 aromatic heterocycles. The van der Waals surface area contributed by atoms with Crippen molar-refractivity contribution in [3.63, 3.8) is 0 Å². The number of hydrogen-bond donors (Lipinski definition) is 3. The van der Waals surface area contributed by atoms with Gasteiger partial charge in [-0.05, 0) is 24.1 Å². The van der Waals surface area contributed by atoms with E-state index in [-0.39, 0.29) is 24.3 Å². The summed E-state index contributed by atoms with van der Waals surface area (Å²) in [6.07, 6.45) is -0.0605. The summed E-state index contributed by atoms with van der Waals surface area (Å²) in [4.78, 5) is -1.21. The lowest BCUT2D eigenvalue weighted by Crippen LogP contribution is -2.16. The number of ether oxygens (including phenoxy) is 1. The summed E-state index contributed by atoms with van der Waals surface area (Å²) in [5.41, 5.74) is 0.101. The summed E-state index contributed by atoms with van der Waals surface area (Å²) in [6, 6.07) is 1.71. The van der Waals surface area contributed by atoms with Gasteiger partial charge in [0.2, 0.25) is 10.0 Å². The molecule has 0 radical (unpaired) electrons. The van der Waals surface area contributed by atoms with Crippen molar-refractivity contribution in [1.29, 1.82) is 0 Å². The van der Waals surface area contributed by atoms with Crippen LogP contribution >= 0.6 is 0 Å². The molecular weight excluding hydrogens is 298 g/mol. The molecule has 0 spiro atoms. The minimum Gasteiger partial charge on any atom is -0.495 e. The fraction of sp³-hybridized carbons (Fsp3) is 0.333. The molecular formula is C9H13NO7S2. The maximum absolute atomic E-state index is 11.4. The SMILES string of the molecule is COc1c(CCO)cc(S(=O)(=O)O)cc1S(N)(=O)=O. The van der Waals surface area contributed by atoms with E-state index < -0.39 is 29.9 Å². The Morgan fingerprint density at radius 1 is 1.26 bits per heavy atom. The summed E-state index contributed by atoms with van der Waals surface area (Å²) in [6.45, 7) is -0.366. The zero-order valence-electron chi connectivity index (χ0n) is 9.90. The van der Waals surface area contributed by atoms with Crippen molar-refractivity contribution >= 4 is 20.1 Å². The fourth-order valence-electron chi connectivity index (χ4n) is 1.53. The molecule has 108 valence electrons. The van der Waals surface area contributed by atoms with Crippen LogP contribution < -0.4 is 9.88 Å². The minimum atomic E-state index is -4.61. The maximum atomic E-state index is 11.4. The minimum absolute atomic E-state index is 0.0605. The van der Waals surface area contributed by atoms with Gasteiger partial charge in [0.1, 0.15) is 10.6 Å². The third kappa shape index (κ3) is 3.64. The van der Waals surface area contributed by atoms with Gasteiger partial charge in [-0.1, -0.05) is 0 Å². The van der Waals surface area contributed by atoms with E-state index in [1.54, 1.807) is 0 Å². The lowest BCUT2D eigenvalue weighted by molar-refractivity contribution is 0.296. The first-order valence-electron chi connectivity index (χ1n) is 4.93. The van der Waals surface area contributed by atoms with E-state index in [1.165, 1.54) is 7.11 Å². The second-order valence-electron chi connectivity index (χ2n) is 3.61. The summed E-state index contributed by atoms with van der Waals surface area (Å²) in [7, 11) is -7.68. The van der Waals surface area contributed by atoms with Crippen LogP contribution in [0.4, 0.5) is 0 Å². The molecule has 0 unspecified atom stereocenters. The summed E-state index contributed by atoms with van der Waals surface area (Å²) in [5, 5.41) is 13.8. The normalized spacial score (nSPS) is 12.4. The molecule has 0 aliphatic rings. The van der Waals surface area contributed by atoms with Crippen LogP contribution in [0.5, 0.6) is 5.75 Å². The molecule has 0 fully saturated rings. The Balaban J connectivity index is 3.74. The molecule has 0 bridgehead atoms. The Bertz CT molecular complexity index is 679. The van der Waals surface area contributed by atoms with E-state index >= 15 is 0 Å². The zero-order valence-corrected chi connectivity index (χ0v) is 11.5. The second kappa shape index (κ2) is 5.43. The third-order valence-electron chi connectivity index (χ3n) is 2.29. The molecule has 4 N–H and O–H groups in total. The van der Waals surface area contributed by atoms with Gasteiger partial charge in [0.25, 0.3) is 10.1 Å². The van der Waals surface area contributed by atoms with Crippen LogP contribution in [0.15, 0.2) is 21.9 Å². The van der Waals surface area contributed by atoms with Crippen molar-refractivity contribution in [2.45, 2.75) is 16.2 Å². The first kappa shape index (κ1) is 15.9. The van der Waals surface area contributed by atoms with Gasteiger partial charge < -0.3 is 9.84 Å². The van der Waals surface area contributed by atoms with Crippen molar-refractivity contribution in [3.8, 4) is 5.75 Å². The van der Waals surface area contributed by atoms with Crippen LogP contribution in [0.25, 0.3) is 0 Å². The van der Waals surface area contributed by atoms with E-state index in [1.807, 2.05) is 0 Å². The number of aliphatic hydroxyl groups excluding tert-OH is 1. The molecule has 0 aliphatic heterocycles. The molecule has 0 atom stereocenters. The molecule has 8 nitrogen and oxygen atoms in total. The van der Waals surface area contributed by atoms with Crippen LogP contribution in [0, 0.1) is 0 Å². The molecule has 0 amide bonds. The van der Waals surface area contributed by atoms with Gasteiger partial charge >= 0.3 is 0 Å². The monoisotopic (exact) mass is 311 g/mol. The zero-order chi connectivity index (χ0) is 14.8. The predicted octanol–water partition coefficient (Wildman–Crippen LogP) is -0.876. The number of benzene rings is 1. The first-order valence-corrected chi connectivity index (χ1v) is 7.92. The standard InChI is InChI=1S/C9H13NO7S2/c1-17-9-6(2-3-11)4-7(19(14,15)16)5-8(9)18(10,12)13/h4-5,11H,2-3H2,1H3,(H2,10,12,13)(H,14,15,16). The Morgan fingerprint density at radius 2 is 1.84 bits per heavy atom. The molecule has 0 saturated heterocycles. The average molecular weight is 311 g/mol. The number of methoxy groups -OCH3 is 1. The van der Waals surface area contributed by atoms with Gasteiger partial charge in [0, 0.05) is 6.61 Å². The predicted molar refractivity (Wildman–Crippen MR) is 65.0 cm³/mol. The third-order valence-corrected chi connectivity index (χ3v) is 4.04. The van der Waals surface area contributed by atoms with Gasteiger partial charge in [-0.15, -0.1) is 0 Å². The van der Waals surface area contributed by atoms with Crippen molar-refractivity contribution in [3.05, 3.63) is 17.7 Å². The van der Waals surface area contributed by atoms with Gasteiger partial charge in [0.05, 0.1) is 12.0 Å². The van der Waals surface area contributed by atoms with E-state index in [0.717, 1.165) is 6.07 Å². The molecule has 0 aliphatic carbocycles. The highest BCUT2D eigenvalue weighted by atomic mass is 32.2. The maximum Gasteiger partial charge on any atom is 0.294 e. The number of hydrogen-bond acceptors (Lipinski definition) is 6. The Hall–Kier alpha value is -1.20. The van der Waals surface area contributed by atoms with Gasteiger partial charge in [-0.2, -0.15) is 8.42 Å². The molecule has 10 heteroatoms. The van der Waals surface area contributed by atoms with E-state index in [4.69, 9.17) is 19.5 Å². The van der Waals surface area contributed by atoms with E-state index in [0.29, 0.717) is 6.07 Å². The van der Waals surface area contributed by atoms with Gasteiger partial charge in [-0.3, -0.25) is 4.55 Å². The summed E-state index contributed by atoms with van der Waals surface area (Å²) < 4.78 is 58.8. The molecule has 19 heavy (non-hydrogen) atoms. The van der Waals surface area contributed by atoms with E-state index in [2.05, 4.69) is 0 Å². The van der Waals surface area contributed by atoms with Crippen LogP contribution in [0.1, 0.15) is 5.56 Å². The van der Waals surface area contributed by atoms with Crippen LogP contribution in [0.3, 0.4) is 0 Å². The van der Waals surface area contributed by atoms with Gasteiger partial charge in [0.15, 0.2) is 0 Å². The van der Waals surface area contributed by atoms with Crippen molar-refractivity contribution in [2.75, 3.05) is 13.7 Å². The summed E-state index contributed by atoms with van der Waals surface area (Å²) in [5.74, 6) is -0.163. The lowest BCUT2D eigenvalue weighted by atomic mass is 10.1. The molecule has 0 heterocycles. The molecule has 1 rings (SSSR count). The lowest BCUT2D eigenvalue weighted by Gasteiger charge is -2.13. The highest BCUT2D eigenvalue weighted by Gasteiger charge is 2.23. The van der Waals surface area contributed by atoms with Crippen LogP contribution in [0.2, 0.25) is 0 Å². The molecule has 0 saturated carbocycles. The van der Waals surface area contributed by atoms with Gasteiger partial charge in [-0.25, -0.2) is 13.6 Å². The Morgan fingerprint density at radius 3 is 2.21 bits per heavy atom. The quantitative estimate of drug-likeness (QED) is 0.599. The van der Waals surface area contributed by atoms with Crippen molar-refractivity contribution in [1.82, 2.24) is 0 Å². The second-order valence-corrected chi connectivity index (χ2v) is 6.56. The summed E-state index contributed by atoms with van der Waals surface area (Å²) >= 11 is 0. The number of rotatable bonds is 5. The number of sulfonamides is 1. The first-order chi connectivity index (χ1) is 8.61. The highest BCUT2D eigenvalue weighted by molar-refractivity contribution is 7.89. The number of nitrogens with two attached hydrogens (primary N) is 1.